The highest BCUT2D eigenvalue weighted by atomic mass is 35.5. The number of anilines is 1. The van der Waals surface area contributed by atoms with Crippen LogP contribution in [0, 0.1) is 0 Å². The molecule has 0 unspecified atom stereocenters. The quantitative estimate of drug-likeness (QED) is 0.598. The molecule has 1 heterocycles. The van der Waals surface area contributed by atoms with E-state index in [0.717, 1.165) is 5.56 Å². The highest BCUT2D eigenvalue weighted by Gasteiger charge is 2.11. The standard InChI is InChI=1S/C18H16ClN3O3S/c1-24-15-5-3-2-4-14(15)20-16(23)10-11-26-18-22-21-17(25-18)12-6-8-13(19)9-7-12/h2-9H,10-11H2,1H3,(H,20,23). The molecule has 0 saturated carbocycles. The number of amides is 1. The first kappa shape index (κ1) is 18.3. The lowest BCUT2D eigenvalue weighted by Crippen LogP contribution is -2.12. The molecule has 3 aromatic rings. The highest BCUT2D eigenvalue weighted by molar-refractivity contribution is 7.99. The van der Waals surface area contributed by atoms with Crippen molar-refractivity contribution < 1.29 is 13.9 Å². The second-order valence-corrected chi connectivity index (χ2v) is 6.71. The van der Waals surface area contributed by atoms with Crippen LogP contribution in [-0.2, 0) is 4.79 Å². The van der Waals surface area contributed by atoms with Gasteiger partial charge < -0.3 is 14.5 Å². The summed E-state index contributed by atoms with van der Waals surface area (Å²) in [5.41, 5.74) is 1.44. The number of thioether (sulfide) groups is 1. The number of hydrogen-bond donors (Lipinski definition) is 1. The molecular formula is C18H16ClN3O3S. The number of halogens is 1. The molecule has 8 heteroatoms. The molecule has 26 heavy (non-hydrogen) atoms. The molecular weight excluding hydrogens is 374 g/mol. The van der Waals surface area contributed by atoms with Crippen molar-refractivity contribution in [2.24, 2.45) is 0 Å². The van der Waals surface area contributed by atoms with Crippen molar-refractivity contribution in [1.29, 1.82) is 0 Å². The van der Waals surface area contributed by atoms with Crippen LogP contribution in [0.2, 0.25) is 5.02 Å². The second-order valence-electron chi connectivity index (χ2n) is 5.23. The minimum atomic E-state index is -0.112. The number of carbonyl (C=O) groups excluding carboxylic acids is 1. The fourth-order valence-electron chi connectivity index (χ4n) is 2.17. The van der Waals surface area contributed by atoms with Gasteiger partial charge in [-0.05, 0) is 36.4 Å². The first-order chi connectivity index (χ1) is 12.7. The molecule has 2 aromatic carbocycles. The Morgan fingerprint density at radius 2 is 1.96 bits per heavy atom. The lowest BCUT2D eigenvalue weighted by Gasteiger charge is -2.09. The van der Waals surface area contributed by atoms with E-state index in [1.54, 1.807) is 31.4 Å². The molecule has 0 atom stereocenters. The van der Waals surface area contributed by atoms with E-state index in [0.29, 0.717) is 39.7 Å². The van der Waals surface area contributed by atoms with Gasteiger partial charge in [0.2, 0.25) is 11.8 Å². The van der Waals surface area contributed by atoms with Gasteiger partial charge in [0, 0.05) is 22.8 Å². The molecule has 0 radical (unpaired) electrons. The summed E-state index contributed by atoms with van der Waals surface area (Å²) in [4.78, 5) is 12.1. The van der Waals surface area contributed by atoms with E-state index in [1.165, 1.54) is 11.8 Å². The number of rotatable bonds is 7. The molecule has 0 bridgehead atoms. The summed E-state index contributed by atoms with van der Waals surface area (Å²) >= 11 is 7.19. The summed E-state index contributed by atoms with van der Waals surface area (Å²) in [6, 6.07) is 14.4. The third-order valence-electron chi connectivity index (χ3n) is 3.43. The van der Waals surface area contributed by atoms with E-state index in [9.17, 15) is 4.79 Å². The first-order valence-corrected chi connectivity index (χ1v) is 9.17. The fraction of sp³-hybridized carbons (Fsp3) is 0.167. The minimum Gasteiger partial charge on any atom is -0.495 e. The molecule has 1 N–H and O–H groups in total. The van der Waals surface area contributed by atoms with Crippen molar-refractivity contribution in [3.63, 3.8) is 0 Å². The number of benzene rings is 2. The van der Waals surface area contributed by atoms with Crippen molar-refractivity contribution in [2.75, 3.05) is 18.2 Å². The van der Waals surface area contributed by atoms with Crippen LogP contribution < -0.4 is 10.1 Å². The number of nitrogens with one attached hydrogen (secondary N) is 1. The number of para-hydroxylation sites is 2. The zero-order valence-electron chi connectivity index (χ0n) is 13.9. The van der Waals surface area contributed by atoms with Crippen molar-refractivity contribution in [1.82, 2.24) is 10.2 Å². The van der Waals surface area contributed by atoms with E-state index in [-0.39, 0.29) is 5.91 Å². The van der Waals surface area contributed by atoms with Crippen LogP contribution in [0.4, 0.5) is 5.69 Å². The van der Waals surface area contributed by atoms with E-state index in [4.69, 9.17) is 20.8 Å². The number of hydrogen-bond acceptors (Lipinski definition) is 6. The topological polar surface area (TPSA) is 77.2 Å². The molecule has 1 aromatic heterocycles. The summed E-state index contributed by atoms with van der Waals surface area (Å²) in [6.45, 7) is 0. The van der Waals surface area contributed by atoms with Crippen LogP contribution >= 0.6 is 23.4 Å². The van der Waals surface area contributed by atoms with Crippen LogP contribution in [-0.4, -0.2) is 29.0 Å². The monoisotopic (exact) mass is 389 g/mol. The van der Waals surface area contributed by atoms with Crippen LogP contribution in [0.25, 0.3) is 11.5 Å². The molecule has 3 rings (SSSR count). The third-order valence-corrected chi connectivity index (χ3v) is 4.51. The van der Waals surface area contributed by atoms with Gasteiger partial charge in [0.25, 0.3) is 5.22 Å². The summed E-state index contributed by atoms with van der Waals surface area (Å²) < 4.78 is 10.8. The van der Waals surface area contributed by atoms with Crippen molar-refractivity contribution in [3.05, 3.63) is 53.6 Å². The molecule has 0 saturated heterocycles. The fourth-order valence-corrected chi connectivity index (χ4v) is 2.99. The summed E-state index contributed by atoms with van der Waals surface area (Å²) in [7, 11) is 1.56. The number of ether oxygens (including phenoxy) is 1. The zero-order chi connectivity index (χ0) is 18.4. The summed E-state index contributed by atoms with van der Waals surface area (Å²) in [6.07, 6.45) is 0.307. The molecule has 0 aliphatic rings. The Bertz CT molecular complexity index is 883. The number of methoxy groups -OCH3 is 1. The summed E-state index contributed by atoms with van der Waals surface area (Å²) in [5, 5.41) is 11.9. The van der Waals surface area contributed by atoms with E-state index in [1.807, 2.05) is 24.3 Å². The molecule has 0 aliphatic heterocycles. The van der Waals surface area contributed by atoms with Crippen molar-refractivity contribution >= 4 is 35.0 Å². The normalized spacial score (nSPS) is 10.5. The van der Waals surface area contributed by atoms with Crippen LogP contribution in [0.5, 0.6) is 5.75 Å². The predicted octanol–water partition coefficient (Wildman–Crippen LogP) is 4.52. The zero-order valence-corrected chi connectivity index (χ0v) is 15.5. The average Bonchev–Trinajstić information content (AvgIpc) is 3.11. The maximum Gasteiger partial charge on any atom is 0.276 e. The van der Waals surface area contributed by atoms with Gasteiger partial charge in [0.1, 0.15) is 5.75 Å². The highest BCUT2D eigenvalue weighted by Crippen LogP contribution is 2.26. The Morgan fingerprint density at radius 1 is 1.19 bits per heavy atom. The van der Waals surface area contributed by atoms with Gasteiger partial charge in [-0.25, -0.2) is 0 Å². The van der Waals surface area contributed by atoms with E-state index in [2.05, 4.69) is 15.5 Å². The third kappa shape index (κ3) is 4.77. The smallest absolute Gasteiger partial charge is 0.276 e. The van der Waals surface area contributed by atoms with Gasteiger partial charge in [0.05, 0.1) is 12.8 Å². The van der Waals surface area contributed by atoms with Crippen LogP contribution in [0.3, 0.4) is 0 Å². The van der Waals surface area contributed by atoms with Gasteiger partial charge in [-0.2, -0.15) is 0 Å². The molecule has 134 valence electrons. The SMILES string of the molecule is COc1ccccc1NC(=O)CCSc1nnc(-c2ccc(Cl)cc2)o1. The first-order valence-electron chi connectivity index (χ1n) is 7.81. The summed E-state index contributed by atoms with van der Waals surface area (Å²) in [5.74, 6) is 1.45. The lowest BCUT2D eigenvalue weighted by molar-refractivity contribution is -0.115. The predicted molar refractivity (Wildman–Crippen MR) is 102 cm³/mol. The Labute approximate surface area is 159 Å². The Kier molecular flexibility index (Phi) is 6.14. The van der Waals surface area contributed by atoms with Gasteiger partial charge in [-0.3, -0.25) is 4.79 Å². The van der Waals surface area contributed by atoms with Crippen molar-refractivity contribution in [2.45, 2.75) is 11.6 Å². The molecule has 0 fully saturated rings. The largest absolute Gasteiger partial charge is 0.495 e. The Morgan fingerprint density at radius 3 is 2.73 bits per heavy atom. The van der Waals surface area contributed by atoms with E-state index >= 15 is 0 Å². The molecule has 1 amide bonds. The second kappa shape index (κ2) is 8.73. The minimum absolute atomic E-state index is 0.112. The van der Waals surface area contributed by atoms with Crippen molar-refractivity contribution in [3.8, 4) is 17.2 Å². The van der Waals surface area contributed by atoms with Gasteiger partial charge in [-0.15, -0.1) is 10.2 Å². The Balaban J connectivity index is 1.50. The van der Waals surface area contributed by atoms with Gasteiger partial charge >= 0.3 is 0 Å². The molecule has 0 spiro atoms. The van der Waals surface area contributed by atoms with Gasteiger partial charge in [0.15, 0.2) is 0 Å². The number of aromatic nitrogens is 2. The average molecular weight is 390 g/mol. The van der Waals surface area contributed by atoms with Crippen LogP contribution in [0.1, 0.15) is 6.42 Å². The van der Waals surface area contributed by atoms with Crippen LogP contribution in [0.15, 0.2) is 58.2 Å². The van der Waals surface area contributed by atoms with Gasteiger partial charge in [-0.1, -0.05) is 35.5 Å². The number of nitrogens with zero attached hydrogens (tertiary/aromatic N) is 2. The maximum absolute atomic E-state index is 12.1. The molecule has 6 nitrogen and oxygen atoms in total. The maximum atomic E-state index is 12.1. The van der Waals surface area contributed by atoms with E-state index < -0.39 is 0 Å². The lowest BCUT2D eigenvalue weighted by atomic mass is 10.2. The Hall–Kier alpha value is -2.51. The molecule has 0 aliphatic carbocycles. The number of carbonyl (C=O) groups is 1.